The maximum Gasteiger partial charge on any atom is 0.267 e. The lowest BCUT2D eigenvalue weighted by atomic mass is 10.1. The van der Waals surface area contributed by atoms with Crippen LogP contribution in [-0.4, -0.2) is 54.0 Å². The van der Waals surface area contributed by atoms with E-state index in [1.54, 1.807) is 6.92 Å². The summed E-state index contributed by atoms with van der Waals surface area (Å²) in [4.78, 5) is 33.1. The van der Waals surface area contributed by atoms with Crippen LogP contribution in [-0.2, 0) is 16.0 Å². The van der Waals surface area contributed by atoms with E-state index in [0.29, 0.717) is 18.0 Å². The highest BCUT2D eigenvalue weighted by atomic mass is 16.5. The molecule has 0 spiro atoms. The number of aromatic amines is 1. The minimum Gasteiger partial charge on any atom is -0.479 e. The Bertz CT molecular complexity index is 1170. The molecule has 2 aromatic carbocycles. The molecule has 2 aliphatic heterocycles. The van der Waals surface area contributed by atoms with Crippen molar-refractivity contribution in [1.82, 2.24) is 9.88 Å². The summed E-state index contributed by atoms with van der Waals surface area (Å²) in [6.45, 7) is 5.42. The Balaban J connectivity index is 1.31. The number of H-pyrrole nitrogens is 1. The Morgan fingerprint density at radius 1 is 1.12 bits per heavy atom. The molecule has 33 heavy (non-hydrogen) atoms. The molecule has 172 valence electrons. The highest BCUT2D eigenvalue weighted by molar-refractivity contribution is 6.01. The van der Waals surface area contributed by atoms with Crippen LogP contribution in [0.25, 0.3) is 10.9 Å². The average molecular weight is 447 g/mol. The number of para-hydroxylation sites is 1. The molecule has 0 aliphatic carbocycles. The zero-order chi connectivity index (χ0) is 22.8. The van der Waals surface area contributed by atoms with Crippen LogP contribution in [0.4, 0.5) is 11.4 Å². The van der Waals surface area contributed by atoms with Crippen molar-refractivity contribution in [2.45, 2.75) is 38.7 Å². The Morgan fingerprint density at radius 3 is 2.79 bits per heavy atom. The van der Waals surface area contributed by atoms with Crippen molar-refractivity contribution in [3.63, 3.8) is 0 Å². The summed E-state index contributed by atoms with van der Waals surface area (Å²) in [5.74, 6) is 0.535. The van der Waals surface area contributed by atoms with Gasteiger partial charge in [0.1, 0.15) is 5.75 Å². The van der Waals surface area contributed by atoms with Crippen LogP contribution in [0.2, 0.25) is 0 Å². The minimum absolute atomic E-state index is 0.0400. The van der Waals surface area contributed by atoms with Gasteiger partial charge in [0.2, 0.25) is 5.91 Å². The summed E-state index contributed by atoms with van der Waals surface area (Å²) in [6.07, 6.45) is 5.36. The second-order valence-electron chi connectivity index (χ2n) is 8.92. The molecule has 0 saturated carbocycles. The van der Waals surface area contributed by atoms with E-state index in [0.717, 1.165) is 41.8 Å². The van der Waals surface area contributed by atoms with Crippen LogP contribution in [0.15, 0.2) is 48.7 Å². The van der Waals surface area contributed by atoms with Gasteiger partial charge in [-0.15, -0.1) is 0 Å². The summed E-state index contributed by atoms with van der Waals surface area (Å²) in [7, 11) is 0. The molecule has 1 saturated heterocycles. The lowest BCUT2D eigenvalue weighted by Gasteiger charge is -2.35. The highest BCUT2D eigenvalue weighted by Gasteiger charge is 2.32. The molecule has 7 heteroatoms. The van der Waals surface area contributed by atoms with Gasteiger partial charge in [-0.3, -0.25) is 9.59 Å². The topological polar surface area (TPSA) is 77.7 Å². The average Bonchev–Trinajstić information content (AvgIpc) is 3.23. The van der Waals surface area contributed by atoms with Gasteiger partial charge in [0, 0.05) is 35.9 Å². The van der Waals surface area contributed by atoms with Gasteiger partial charge in [0.25, 0.3) is 5.91 Å². The molecule has 2 N–H and O–H groups in total. The molecule has 3 aromatic rings. The molecule has 1 fully saturated rings. The van der Waals surface area contributed by atoms with Gasteiger partial charge in [-0.05, 0) is 62.7 Å². The number of hydrogen-bond donors (Lipinski definition) is 2. The number of amides is 2. The number of nitrogens with one attached hydrogen (secondary N) is 2. The normalized spacial score (nSPS) is 18.8. The maximum atomic E-state index is 12.9. The Labute approximate surface area is 193 Å². The van der Waals surface area contributed by atoms with E-state index in [4.69, 9.17) is 4.74 Å². The third-order valence-corrected chi connectivity index (χ3v) is 6.57. The number of carbonyl (C=O) groups excluding carboxylic acids is 2. The predicted octanol–water partition coefficient (Wildman–Crippen LogP) is 3.95. The first-order valence-electron chi connectivity index (χ1n) is 11.8. The summed E-state index contributed by atoms with van der Waals surface area (Å²) in [6, 6.07) is 13.5. The van der Waals surface area contributed by atoms with E-state index >= 15 is 0 Å². The number of ether oxygens (including phenoxy) is 1. The van der Waals surface area contributed by atoms with Crippen LogP contribution in [0.3, 0.4) is 0 Å². The summed E-state index contributed by atoms with van der Waals surface area (Å²) in [5.41, 5.74) is 3.35. The van der Waals surface area contributed by atoms with Crippen molar-refractivity contribution in [1.29, 1.82) is 0 Å². The number of piperidine rings is 1. The lowest BCUT2D eigenvalue weighted by Crippen LogP contribution is -2.48. The van der Waals surface area contributed by atoms with Gasteiger partial charge in [-0.2, -0.15) is 0 Å². The van der Waals surface area contributed by atoms with Gasteiger partial charge in [-0.25, -0.2) is 0 Å². The van der Waals surface area contributed by atoms with Crippen molar-refractivity contribution >= 4 is 34.1 Å². The molecular formula is C26H30N4O3. The highest BCUT2D eigenvalue weighted by Crippen LogP contribution is 2.36. The second-order valence-corrected chi connectivity index (χ2v) is 8.92. The molecule has 2 amide bonds. The standard InChI is InChI=1S/C26H30N4O3/c1-18-26(32)30(14-13-29-11-5-2-6-12-29)23-16-20(9-10-24(23)33-18)28-25(31)15-19-17-27-22-8-4-3-7-21(19)22/h3-4,7-10,16-18,27H,2,5-6,11-15H2,1H3,(H,28,31). The fourth-order valence-corrected chi connectivity index (χ4v) is 4.80. The Morgan fingerprint density at radius 2 is 1.94 bits per heavy atom. The molecule has 0 radical (unpaired) electrons. The molecule has 2 aliphatic rings. The molecular weight excluding hydrogens is 416 g/mol. The van der Waals surface area contributed by atoms with E-state index in [-0.39, 0.29) is 18.2 Å². The fourth-order valence-electron chi connectivity index (χ4n) is 4.80. The first-order valence-corrected chi connectivity index (χ1v) is 11.8. The van der Waals surface area contributed by atoms with Crippen molar-refractivity contribution in [2.75, 3.05) is 36.4 Å². The van der Waals surface area contributed by atoms with Crippen molar-refractivity contribution < 1.29 is 14.3 Å². The fraction of sp³-hybridized carbons (Fsp3) is 0.385. The van der Waals surface area contributed by atoms with Crippen LogP contribution in [0, 0.1) is 0 Å². The summed E-state index contributed by atoms with van der Waals surface area (Å²) >= 11 is 0. The molecule has 1 unspecified atom stereocenters. The SMILES string of the molecule is CC1Oc2ccc(NC(=O)Cc3c[nH]c4ccccc34)cc2N(CCN2CCCCC2)C1=O. The largest absolute Gasteiger partial charge is 0.479 e. The number of hydrogen-bond acceptors (Lipinski definition) is 4. The van der Waals surface area contributed by atoms with E-state index < -0.39 is 6.10 Å². The van der Waals surface area contributed by atoms with Crippen LogP contribution >= 0.6 is 0 Å². The minimum atomic E-state index is -0.513. The zero-order valence-electron chi connectivity index (χ0n) is 19.0. The molecule has 1 aromatic heterocycles. The van der Waals surface area contributed by atoms with E-state index in [2.05, 4.69) is 15.2 Å². The number of likely N-dealkylation sites (tertiary alicyclic amines) is 1. The van der Waals surface area contributed by atoms with Crippen molar-refractivity contribution in [3.05, 3.63) is 54.2 Å². The van der Waals surface area contributed by atoms with Gasteiger partial charge in [-0.1, -0.05) is 24.6 Å². The van der Waals surface area contributed by atoms with E-state index in [1.165, 1.54) is 19.3 Å². The number of aromatic nitrogens is 1. The number of anilines is 2. The Kier molecular flexibility index (Phi) is 6.05. The zero-order valence-corrected chi connectivity index (χ0v) is 19.0. The Hall–Kier alpha value is -3.32. The molecule has 5 rings (SSSR count). The van der Waals surface area contributed by atoms with Crippen LogP contribution in [0.1, 0.15) is 31.7 Å². The van der Waals surface area contributed by atoms with Gasteiger partial charge < -0.3 is 24.8 Å². The van der Waals surface area contributed by atoms with E-state index in [1.807, 2.05) is 53.6 Å². The van der Waals surface area contributed by atoms with Crippen molar-refractivity contribution in [2.24, 2.45) is 0 Å². The third kappa shape index (κ3) is 4.59. The van der Waals surface area contributed by atoms with Crippen LogP contribution in [0.5, 0.6) is 5.75 Å². The van der Waals surface area contributed by atoms with E-state index in [9.17, 15) is 9.59 Å². The maximum absolute atomic E-state index is 12.9. The number of benzene rings is 2. The summed E-state index contributed by atoms with van der Waals surface area (Å²) in [5, 5.41) is 4.04. The van der Waals surface area contributed by atoms with Gasteiger partial charge in [0.15, 0.2) is 6.10 Å². The monoisotopic (exact) mass is 446 g/mol. The quantitative estimate of drug-likeness (QED) is 0.601. The number of nitrogens with zero attached hydrogens (tertiary/aromatic N) is 2. The first-order chi connectivity index (χ1) is 16.1. The third-order valence-electron chi connectivity index (χ3n) is 6.57. The van der Waals surface area contributed by atoms with Gasteiger partial charge >= 0.3 is 0 Å². The molecule has 3 heterocycles. The molecule has 0 bridgehead atoms. The number of carbonyl (C=O) groups is 2. The summed E-state index contributed by atoms with van der Waals surface area (Å²) < 4.78 is 5.84. The predicted molar refractivity (Wildman–Crippen MR) is 130 cm³/mol. The number of fused-ring (bicyclic) bond motifs is 2. The first kappa shape index (κ1) is 21.5. The second kappa shape index (κ2) is 9.27. The van der Waals surface area contributed by atoms with Crippen molar-refractivity contribution in [3.8, 4) is 5.75 Å². The molecule has 7 nitrogen and oxygen atoms in total. The smallest absolute Gasteiger partial charge is 0.267 e. The number of rotatable bonds is 6. The lowest BCUT2D eigenvalue weighted by molar-refractivity contribution is -0.125. The van der Waals surface area contributed by atoms with Gasteiger partial charge in [0.05, 0.1) is 12.1 Å². The molecule has 1 atom stereocenters. The van der Waals surface area contributed by atoms with Crippen LogP contribution < -0.4 is 15.0 Å².